The summed E-state index contributed by atoms with van der Waals surface area (Å²) in [7, 11) is 1.59. The minimum absolute atomic E-state index is 0.202. The molecule has 0 bridgehead atoms. The fraction of sp³-hybridized carbons (Fsp3) is 0.229. The molecule has 4 aromatic rings. The van der Waals surface area contributed by atoms with Crippen molar-refractivity contribution in [3.8, 4) is 11.5 Å². The van der Waals surface area contributed by atoms with Crippen LogP contribution in [0.15, 0.2) is 101 Å². The number of thiazole rings is 1. The zero-order valence-electron chi connectivity index (χ0n) is 24.8. The van der Waals surface area contributed by atoms with Crippen molar-refractivity contribution in [1.82, 2.24) is 10.3 Å². The van der Waals surface area contributed by atoms with Crippen LogP contribution in [0, 0.1) is 0 Å². The van der Waals surface area contributed by atoms with Crippen molar-refractivity contribution in [3.63, 3.8) is 0 Å². The first-order valence-corrected chi connectivity index (χ1v) is 14.9. The molecule has 0 aliphatic carbocycles. The van der Waals surface area contributed by atoms with Gasteiger partial charge >= 0.3 is 5.97 Å². The number of ether oxygens (including phenoxy) is 3. The molecule has 0 aliphatic rings. The number of allylic oxidation sites excluding steroid dienone is 2. The highest BCUT2D eigenvalue weighted by atomic mass is 32.1. The highest BCUT2D eigenvalue weighted by Gasteiger charge is 2.20. The van der Waals surface area contributed by atoms with Gasteiger partial charge in [0.25, 0.3) is 5.91 Å². The van der Waals surface area contributed by atoms with Gasteiger partial charge in [-0.15, -0.1) is 11.3 Å². The second-order valence-electron chi connectivity index (χ2n) is 9.92. The molecule has 0 unspecified atom stereocenters. The van der Waals surface area contributed by atoms with E-state index in [2.05, 4.69) is 5.32 Å². The summed E-state index contributed by atoms with van der Waals surface area (Å²) in [6.07, 6.45) is 4.23. The molecule has 0 radical (unpaired) electrons. The maximum atomic E-state index is 13.3. The minimum atomic E-state index is -0.366. The van der Waals surface area contributed by atoms with Crippen molar-refractivity contribution in [2.24, 2.45) is 0 Å². The largest absolute Gasteiger partial charge is 0.497 e. The smallest absolute Gasteiger partial charge is 0.333 e. The molecule has 0 aliphatic heterocycles. The molecule has 0 fully saturated rings. The predicted molar refractivity (Wildman–Crippen MR) is 170 cm³/mol. The summed E-state index contributed by atoms with van der Waals surface area (Å²) in [6, 6.07) is 24.6. The van der Waals surface area contributed by atoms with E-state index in [1.54, 1.807) is 51.3 Å². The van der Waals surface area contributed by atoms with Crippen molar-refractivity contribution in [3.05, 3.63) is 129 Å². The Hall–Kier alpha value is -4.69. The van der Waals surface area contributed by atoms with Crippen molar-refractivity contribution in [2.45, 2.75) is 39.8 Å². The number of hydrogen-bond acceptors (Lipinski definition) is 7. The molecule has 3 aromatic carbocycles. The quantitative estimate of drug-likeness (QED) is 0.0986. The number of carbonyl (C=O) groups excluding carboxylic acids is 2. The molecule has 1 N–H and O–H groups in total. The fourth-order valence-electron chi connectivity index (χ4n) is 4.33. The first-order chi connectivity index (χ1) is 20.8. The normalized spacial score (nSPS) is 12.4. The summed E-state index contributed by atoms with van der Waals surface area (Å²) in [6.45, 7) is 6.23. The second kappa shape index (κ2) is 15.5. The predicted octanol–water partition coefficient (Wildman–Crippen LogP) is 7.36. The SMILES string of the molecule is CCOC(=O)C(C)=CC(C)=Cc1csc([C@H](Cc2ccc(OCc3ccccc3)cc2)NC(=O)c2ccc(OC)cc2)n1. The number of aromatic nitrogens is 1. The van der Waals surface area contributed by atoms with E-state index in [9.17, 15) is 9.59 Å². The summed E-state index contributed by atoms with van der Waals surface area (Å²) >= 11 is 1.48. The maximum Gasteiger partial charge on any atom is 0.333 e. The number of methoxy groups -OCH3 is 1. The van der Waals surface area contributed by atoms with Crippen molar-refractivity contribution < 1.29 is 23.8 Å². The molecule has 4 rings (SSSR count). The topological polar surface area (TPSA) is 86.8 Å². The number of rotatable bonds is 13. The average molecular weight is 597 g/mol. The van der Waals surface area contributed by atoms with Crippen molar-refractivity contribution in [2.75, 3.05) is 13.7 Å². The van der Waals surface area contributed by atoms with Crippen LogP contribution in [0.5, 0.6) is 11.5 Å². The lowest BCUT2D eigenvalue weighted by Crippen LogP contribution is -2.30. The van der Waals surface area contributed by atoms with E-state index in [-0.39, 0.29) is 17.9 Å². The summed E-state index contributed by atoms with van der Waals surface area (Å²) < 4.78 is 16.2. The zero-order chi connectivity index (χ0) is 30.6. The minimum Gasteiger partial charge on any atom is -0.497 e. The van der Waals surface area contributed by atoms with Gasteiger partial charge in [0.15, 0.2) is 0 Å². The van der Waals surface area contributed by atoms with Crippen LogP contribution in [0.4, 0.5) is 0 Å². The Labute approximate surface area is 256 Å². The van der Waals surface area contributed by atoms with E-state index in [4.69, 9.17) is 19.2 Å². The van der Waals surface area contributed by atoms with Crippen LogP contribution in [-0.2, 0) is 22.6 Å². The number of hydrogen-bond donors (Lipinski definition) is 1. The van der Waals surface area contributed by atoms with Crippen LogP contribution in [0.2, 0.25) is 0 Å². The Morgan fingerprint density at radius 1 is 0.930 bits per heavy atom. The van der Waals surface area contributed by atoms with Gasteiger partial charge in [0.2, 0.25) is 0 Å². The Kier molecular flexibility index (Phi) is 11.3. The Morgan fingerprint density at radius 2 is 1.63 bits per heavy atom. The van der Waals surface area contributed by atoms with E-state index in [0.717, 1.165) is 33.2 Å². The summed E-state index contributed by atoms with van der Waals surface area (Å²) in [5, 5.41) is 5.89. The van der Waals surface area contributed by atoms with Crippen molar-refractivity contribution >= 4 is 29.3 Å². The van der Waals surface area contributed by atoms with E-state index in [0.29, 0.717) is 36.5 Å². The van der Waals surface area contributed by atoms with Crippen LogP contribution in [0.3, 0.4) is 0 Å². The van der Waals surface area contributed by atoms with E-state index < -0.39 is 0 Å². The van der Waals surface area contributed by atoms with E-state index in [1.807, 2.05) is 73.0 Å². The van der Waals surface area contributed by atoms with Crippen LogP contribution in [0.25, 0.3) is 6.08 Å². The molecule has 1 atom stereocenters. The lowest BCUT2D eigenvalue weighted by molar-refractivity contribution is -0.138. The number of nitrogens with one attached hydrogen (secondary N) is 1. The first-order valence-electron chi connectivity index (χ1n) is 14.0. The van der Waals surface area contributed by atoms with Gasteiger partial charge in [-0.3, -0.25) is 4.79 Å². The standard InChI is InChI=1S/C35H36N2O5S/c1-5-41-35(39)25(3)19-24(2)20-29-23-43-34(36-29)32(37-33(38)28-13-17-30(40-4)18-14-28)21-26-11-15-31(16-12-26)42-22-27-9-7-6-8-10-27/h6-20,23,32H,5,21-22H2,1-4H3,(H,37,38)/t32-/m0/s1. The summed E-state index contributed by atoms with van der Waals surface area (Å²) in [5.74, 6) is 0.912. The Balaban J connectivity index is 1.52. The molecule has 43 heavy (non-hydrogen) atoms. The third-order valence-corrected chi connectivity index (χ3v) is 7.50. The average Bonchev–Trinajstić information content (AvgIpc) is 3.49. The first kappa shape index (κ1) is 31.3. The van der Waals surface area contributed by atoms with Crippen LogP contribution in [-0.4, -0.2) is 30.6 Å². The highest BCUT2D eigenvalue weighted by molar-refractivity contribution is 7.09. The van der Waals surface area contributed by atoms with Crippen LogP contribution in [0.1, 0.15) is 59.0 Å². The molecular weight excluding hydrogens is 560 g/mol. The lowest BCUT2D eigenvalue weighted by atomic mass is 10.1. The monoisotopic (exact) mass is 596 g/mol. The number of carbonyl (C=O) groups is 2. The zero-order valence-corrected chi connectivity index (χ0v) is 25.6. The Morgan fingerprint density at radius 3 is 2.30 bits per heavy atom. The van der Waals surface area contributed by atoms with Gasteiger partial charge in [0, 0.05) is 16.5 Å². The van der Waals surface area contributed by atoms with Crippen molar-refractivity contribution in [1.29, 1.82) is 0 Å². The number of amides is 1. The number of esters is 1. The molecule has 8 heteroatoms. The summed E-state index contributed by atoms with van der Waals surface area (Å²) in [5.41, 5.74) is 4.80. The maximum absolute atomic E-state index is 13.3. The molecule has 0 spiro atoms. The molecule has 0 saturated heterocycles. The van der Waals surface area contributed by atoms with E-state index >= 15 is 0 Å². The fourth-order valence-corrected chi connectivity index (χ4v) is 5.16. The number of benzene rings is 3. The van der Waals surface area contributed by atoms with Gasteiger partial charge in [0.1, 0.15) is 23.1 Å². The molecule has 1 aromatic heterocycles. The van der Waals surface area contributed by atoms with Gasteiger partial charge in [0.05, 0.1) is 25.5 Å². The Bertz CT molecular complexity index is 1560. The van der Waals surface area contributed by atoms with Crippen LogP contribution < -0.4 is 14.8 Å². The molecule has 7 nitrogen and oxygen atoms in total. The molecular formula is C35H36N2O5S. The van der Waals surface area contributed by atoms with Gasteiger partial charge in [-0.1, -0.05) is 42.5 Å². The van der Waals surface area contributed by atoms with Gasteiger partial charge in [-0.25, -0.2) is 9.78 Å². The molecule has 1 heterocycles. The third-order valence-electron chi connectivity index (χ3n) is 6.52. The lowest BCUT2D eigenvalue weighted by Gasteiger charge is -2.17. The molecule has 0 saturated carbocycles. The molecule has 1 amide bonds. The number of nitrogens with zero attached hydrogens (tertiary/aromatic N) is 1. The summed E-state index contributed by atoms with van der Waals surface area (Å²) in [4.78, 5) is 30.1. The second-order valence-corrected chi connectivity index (χ2v) is 10.8. The van der Waals surface area contributed by atoms with Crippen LogP contribution >= 0.6 is 11.3 Å². The highest BCUT2D eigenvalue weighted by Crippen LogP contribution is 2.26. The van der Waals surface area contributed by atoms with E-state index in [1.165, 1.54) is 11.3 Å². The third kappa shape index (κ3) is 9.41. The molecule has 222 valence electrons. The van der Waals surface area contributed by atoms with Gasteiger partial charge < -0.3 is 19.5 Å². The van der Waals surface area contributed by atoms with Gasteiger partial charge in [-0.2, -0.15) is 0 Å². The van der Waals surface area contributed by atoms with Gasteiger partial charge in [-0.05, 0) is 92.4 Å².